The van der Waals surface area contributed by atoms with Crippen LogP contribution in [0.2, 0.25) is 5.02 Å². The zero-order valence-corrected chi connectivity index (χ0v) is 17.5. The predicted octanol–water partition coefficient (Wildman–Crippen LogP) is 7.62. The number of hydrogen-bond donors (Lipinski definition) is 0. The van der Waals surface area contributed by atoms with Crippen molar-refractivity contribution in [2.75, 3.05) is 7.11 Å². The summed E-state index contributed by atoms with van der Waals surface area (Å²) >= 11 is 6.03. The highest BCUT2D eigenvalue weighted by molar-refractivity contribution is 6.30. The van der Waals surface area contributed by atoms with Gasteiger partial charge in [0.15, 0.2) is 0 Å². The lowest BCUT2D eigenvalue weighted by Gasteiger charge is -2.23. The smallest absolute Gasteiger partial charge is 0.106 e. The Labute approximate surface area is 177 Å². The highest BCUT2D eigenvalue weighted by Gasteiger charge is 2.22. The van der Waals surface area contributed by atoms with Gasteiger partial charge in [0.2, 0.25) is 0 Å². The summed E-state index contributed by atoms with van der Waals surface area (Å²) < 4.78 is 0. The van der Waals surface area contributed by atoms with Crippen molar-refractivity contribution in [3.63, 3.8) is 0 Å². The summed E-state index contributed by atoms with van der Waals surface area (Å²) in [7, 11) is 1.62. The zero-order chi connectivity index (χ0) is 20.2. The molecule has 0 amide bonds. The second kappa shape index (κ2) is 8.67. The third-order valence-corrected chi connectivity index (χ3v) is 5.67. The molecular formula is C26H24ClNO. The fraction of sp³-hybridized carbons (Fsp3) is 0.192. The Morgan fingerprint density at radius 3 is 2.52 bits per heavy atom. The molecule has 1 aliphatic carbocycles. The lowest BCUT2D eigenvalue weighted by Crippen LogP contribution is -2.12. The molecule has 3 heteroatoms. The van der Waals surface area contributed by atoms with E-state index in [9.17, 15) is 0 Å². The van der Waals surface area contributed by atoms with Gasteiger partial charge in [-0.15, -0.1) is 0 Å². The molecule has 0 bridgehead atoms. The highest BCUT2D eigenvalue weighted by atomic mass is 35.5. The van der Waals surface area contributed by atoms with Gasteiger partial charge in [0, 0.05) is 10.6 Å². The average molecular weight is 402 g/mol. The van der Waals surface area contributed by atoms with Gasteiger partial charge in [-0.3, -0.25) is 0 Å². The van der Waals surface area contributed by atoms with Gasteiger partial charge in [0.1, 0.15) is 7.11 Å². The Bertz CT molecular complexity index is 1120. The van der Waals surface area contributed by atoms with Crippen molar-refractivity contribution in [1.82, 2.24) is 0 Å². The highest BCUT2D eigenvalue weighted by Crippen LogP contribution is 2.37. The van der Waals surface area contributed by atoms with E-state index in [4.69, 9.17) is 16.4 Å². The SMILES string of the molecule is CON=C1CCCC(C)=C1c1c(C=Cc2ccc(Cl)cc2)ccc2ccccc12. The van der Waals surface area contributed by atoms with Crippen molar-refractivity contribution in [2.45, 2.75) is 26.2 Å². The van der Waals surface area contributed by atoms with E-state index >= 15 is 0 Å². The molecule has 0 spiro atoms. The van der Waals surface area contributed by atoms with Gasteiger partial charge < -0.3 is 4.84 Å². The van der Waals surface area contributed by atoms with Crippen LogP contribution in [0.5, 0.6) is 0 Å². The van der Waals surface area contributed by atoms with Gasteiger partial charge in [-0.25, -0.2) is 0 Å². The lowest BCUT2D eigenvalue weighted by atomic mass is 9.82. The Hall–Kier alpha value is -2.84. The van der Waals surface area contributed by atoms with Crippen LogP contribution >= 0.6 is 11.6 Å². The Morgan fingerprint density at radius 1 is 0.931 bits per heavy atom. The van der Waals surface area contributed by atoms with Crippen LogP contribution in [0.25, 0.3) is 28.5 Å². The number of allylic oxidation sites excluding steroid dienone is 2. The number of fused-ring (bicyclic) bond motifs is 1. The summed E-state index contributed by atoms with van der Waals surface area (Å²) in [4.78, 5) is 5.20. The molecule has 0 N–H and O–H groups in total. The summed E-state index contributed by atoms with van der Waals surface area (Å²) in [6.45, 7) is 2.22. The first kappa shape index (κ1) is 19.5. The molecule has 0 atom stereocenters. The van der Waals surface area contributed by atoms with E-state index in [0.29, 0.717) is 0 Å². The topological polar surface area (TPSA) is 21.6 Å². The lowest BCUT2D eigenvalue weighted by molar-refractivity contribution is 0.213. The van der Waals surface area contributed by atoms with E-state index in [1.54, 1.807) is 7.11 Å². The molecule has 0 aromatic heterocycles. The molecule has 29 heavy (non-hydrogen) atoms. The van der Waals surface area contributed by atoms with E-state index in [2.05, 4.69) is 60.6 Å². The molecular weight excluding hydrogens is 378 g/mol. The van der Waals surface area contributed by atoms with Crippen molar-refractivity contribution in [2.24, 2.45) is 5.16 Å². The second-order valence-corrected chi connectivity index (χ2v) is 7.80. The van der Waals surface area contributed by atoms with Crippen LogP contribution in [0.1, 0.15) is 42.9 Å². The van der Waals surface area contributed by atoms with Gasteiger partial charge in [0.25, 0.3) is 0 Å². The van der Waals surface area contributed by atoms with E-state index < -0.39 is 0 Å². The van der Waals surface area contributed by atoms with E-state index in [1.165, 1.54) is 33.0 Å². The van der Waals surface area contributed by atoms with E-state index in [-0.39, 0.29) is 0 Å². The quantitative estimate of drug-likeness (QED) is 0.325. The largest absolute Gasteiger partial charge is 0.399 e. The molecule has 2 nitrogen and oxygen atoms in total. The number of hydrogen-bond acceptors (Lipinski definition) is 2. The molecule has 146 valence electrons. The van der Waals surface area contributed by atoms with Gasteiger partial charge in [-0.05, 0) is 65.8 Å². The van der Waals surface area contributed by atoms with Crippen molar-refractivity contribution in [1.29, 1.82) is 0 Å². The molecule has 0 fully saturated rings. The number of halogens is 1. The molecule has 1 aliphatic rings. The zero-order valence-electron chi connectivity index (χ0n) is 16.8. The van der Waals surface area contributed by atoms with Crippen molar-refractivity contribution >= 4 is 45.8 Å². The van der Waals surface area contributed by atoms with Gasteiger partial charge in [-0.1, -0.05) is 83.0 Å². The maximum absolute atomic E-state index is 6.03. The first-order chi connectivity index (χ1) is 14.2. The molecule has 0 aliphatic heterocycles. The minimum atomic E-state index is 0.747. The maximum atomic E-state index is 6.03. The third kappa shape index (κ3) is 4.13. The minimum absolute atomic E-state index is 0.747. The molecule has 0 heterocycles. The summed E-state index contributed by atoms with van der Waals surface area (Å²) in [5.41, 5.74) is 7.16. The van der Waals surface area contributed by atoms with E-state index in [0.717, 1.165) is 35.6 Å². The molecule has 0 radical (unpaired) electrons. The summed E-state index contributed by atoms with van der Waals surface area (Å²) in [6.07, 6.45) is 7.45. The number of rotatable bonds is 4. The molecule has 4 rings (SSSR count). The van der Waals surface area contributed by atoms with Gasteiger partial charge >= 0.3 is 0 Å². The Balaban J connectivity index is 1.92. The molecule has 0 saturated carbocycles. The summed E-state index contributed by atoms with van der Waals surface area (Å²) in [5, 5.41) is 7.61. The first-order valence-electron chi connectivity index (χ1n) is 9.93. The van der Waals surface area contributed by atoms with Crippen LogP contribution in [0.4, 0.5) is 0 Å². The Morgan fingerprint density at radius 2 is 1.72 bits per heavy atom. The van der Waals surface area contributed by atoms with Crippen molar-refractivity contribution in [3.05, 3.63) is 87.9 Å². The predicted molar refractivity (Wildman–Crippen MR) is 125 cm³/mol. The molecule has 3 aromatic rings. The third-order valence-electron chi connectivity index (χ3n) is 5.42. The molecule has 0 unspecified atom stereocenters. The van der Waals surface area contributed by atoms with Gasteiger partial charge in [0.05, 0.1) is 5.71 Å². The van der Waals surface area contributed by atoms with Crippen LogP contribution in [0.15, 0.2) is 71.4 Å². The fourth-order valence-corrected chi connectivity index (χ4v) is 4.17. The monoisotopic (exact) mass is 401 g/mol. The van der Waals surface area contributed by atoms with Gasteiger partial charge in [-0.2, -0.15) is 0 Å². The van der Waals surface area contributed by atoms with Crippen LogP contribution < -0.4 is 0 Å². The number of benzene rings is 3. The number of oxime groups is 1. The van der Waals surface area contributed by atoms with E-state index in [1.807, 2.05) is 24.3 Å². The van der Waals surface area contributed by atoms with Crippen LogP contribution in [0.3, 0.4) is 0 Å². The average Bonchev–Trinajstić information content (AvgIpc) is 2.74. The van der Waals surface area contributed by atoms with Crippen LogP contribution in [0, 0.1) is 0 Å². The van der Waals surface area contributed by atoms with Crippen LogP contribution in [-0.4, -0.2) is 12.8 Å². The van der Waals surface area contributed by atoms with Crippen molar-refractivity contribution < 1.29 is 4.84 Å². The normalized spacial score (nSPS) is 16.2. The fourth-order valence-electron chi connectivity index (χ4n) is 4.04. The van der Waals surface area contributed by atoms with Crippen molar-refractivity contribution in [3.8, 4) is 0 Å². The standard InChI is InChI=1S/C26H24ClNO/c1-18-6-5-9-24(28-29-2)25(18)26-21(13-10-19-11-16-22(27)17-12-19)15-14-20-7-3-4-8-23(20)26/h3-4,7-8,10-17H,5-6,9H2,1-2H3. The number of nitrogens with zero attached hydrogens (tertiary/aromatic N) is 1. The maximum Gasteiger partial charge on any atom is 0.106 e. The molecule has 0 saturated heterocycles. The Kier molecular flexibility index (Phi) is 5.82. The summed E-state index contributed by atoms with van der Waals surface area (Å²) in [6, 6.07) is 20.8. The first-order valence-corrected chi connectivity index (χ1v) is 10.3. The van der Waals surface area contributed by atoms with Crippen LogP contribution in [-0.2, 0) is 4.84 Å². The minimum Gasteiger partial charge on any atom is -0.399 e. The molecule has 3 aromatic carbocycles. The second-order valence-electron chi connectivity index (χ2n) is 7.37. The summed E-state index contributed by atoms with van der Waals surface area (Å²) in [5.74, 6) is 0.